The summed E-state index contributed by atoms with van der Waals surface area (Å²) in [5, 5.41) is 0. The number of carbonyl (C=O) groups is 2. The number of rotatable bonds is 17. The Morgan fingerprint density at radius 1 is 0.667 bits per heavy atom. The molecule has 0 aromatic heterocycles. The van der Waals surface area contributed by atoms with Gasteiger partial charge in [0, 0.05) is 11.6 Å². The number of hydrogen-bond acceptors (Lipinski definition) is 7. The van der Waals surface area contributed by atoms with Crippen LogP contribution in [0.15, 0.2) is 17.7 Å². The molecular formula is C26H40O7. The molecule has 0 atom stereocenters. The first-order chi connectivity index (χ1) is 16.0. The van der Waals surface area contributed by atoms with Crippen molar-refractivity contribution in [2.45, 2.75) is 73.1 Å². The summed E-state index contributed by atoms with van der Waals surface area (Å²) in [5.41, 5.74) is 0.328. The standard InChI is InChI=1S/C26H40O7/c1-6-11-14-31-22-19-24(33-16-13-8-3)23(32-15-12-7-2)18-20(22)17-21(25(27)29-9-4)26(28)30-10-5/h17-19H,6-16H2,1-5H3. The van der Waals surface area contributed by atoms with Crippen LogP contribution < -0.4 is 14.2 Å². The van der Waals surface area contributed by atoms with E-state index in [4.69, 9.17) is 23.7 Å². The van der Waals surface area contributed by atoms with Gasteiger partial charge in [0.15, 0.2) is 11.5 Å². The fourth-order valence-corrected chi connectivity index (χ4v) is 2.77. The minimum absolute atomic E-state index is 0.144. The predicted molar refractivity (Wildman–Crippen MR) is 129 cm³/mol. The zero-order chi connectivity index (χ0) is 24.5. The number of benzene rings is 1. The monoisotopic (exact) mass is 464 g/mol. The number of carbonyl (C=O) groups excluding carboxylic acids is 2. The van der Waals surface area contributed by atoms with Crippen LogP contribution in [0.1, 0.15) is 78.7 Å². The summed E-state index contributed by atoms with van der Waals surface area (Å²) in [6.45, 7) is 11.5. The molecule has 0 radical (unpaired) electrons. The van der Waals surface area contributed by atoms with Crippen molar-refractivity contribution < 1.29 is 33.3 Å². The van der Waals surface area contributed by atoms with Gasteiger partial charge < -0.3 is 23.7 Å². The second-order valence-electron chi connectivity index (χ2n) is 7.44. The lowest BCUT2D eigenvalue weighted by Gasteiger charge is -2.17. The highest BCUT2D eigenvalue weighted by molar-refractivity contribution is 6.17. The van der Waals surface area contributed by atoms with Gasteiger partial charge in [-0.2, -0.15) is 0 Å². The van der Waals surface area contributed by atoms with Crippen molar-refractivity contribution in [1.82, 2.24) is 0 Å². The number of ether oxygens (including phenoxy) is 5. The fraction of sp³-hybridized carbons (Fsp3) is 0.615. The molecule has 0 aliphatic rings. The zero-order valence-electron chi connectivity index (χ0n) is 20.9. The lowest BCUT2D eigenvalue weighted by molar-refractivity contribution is -0.146. The molecule has 0 unspecified atom stereocenters. The maximum absolute atomic E-state index is 12.5. The van der Waals surface area contributed by atoms with Gasteiger partial charge in [0.2, 0.25) is 0 Å². The highest BCUT2D eigenvalue weighted by Gasteiger charge is 2.23. The summed E-state index contributed by atoms with van der Waals surface area (Å²) in [6.07, 6.45) is 7.09. The molecule has 0 amide bonds. The Kier molecular flexibility index (Phi) is 14.5. The Hall–Kier alpha value is -2.70. The predicted octanol–water partition coefficient (Wildman–Crippen LogP) is 5.73. The van der Waals surface area contributed by atoms with Crippen LogP contribution in [0.2, 0.25) is 0 Å². The van der Waals surface area contributed by atoms with Gasteiger partial charge in [-0.3, -0.25) is 0 Å². The Morgan fingerprint density at radius 2 is 1.09 bits per heavy atom. The van der Waals surface area contributed by atoms with Crippen molar-refractivity contribution in [3.8, 4) is 17.2 Å². The van der Waals surface area contributed by atoms with Gasteiger partial charge >= 0.3 is 11.9 Å². The molecule has 7 heteroatoms. The minimum atomic E-state index is -0.743. The first-order valence-corrected chi connectivity index (χ1v) is 12.1. The van der Waals surface area contributed by atoms with Crippen molar-refractivity contribution in [2.24, 2.45) is 0 Å². The quantitative estimate of drug-likeness (QED) is 0.0957. The van der Waals surface area contributed by atoms with Crippen LogP contribution in [0.5, 0.6) is 17.2 Å². The van der Waals surface area contributed by atoms with Gasteiger partial charge in [0.05, 0.1) is 33.0 Å². The minimum Gasteiger partial charge on any atom is -0.493 e. The van der Waals surface area contributed by atoms with Crippen molar-refractivity contribution in [2.75, 3.05) is 33.0 Å². The number of hydrogen-bond donors (Lipinski definition) is 0. The van der Waals surface area contributed by atoms with Crippen LogP contribution in [0, 0.1) is 0 Å². The van der Waals surface area contributed by atoms with Crippen LogP contribution in [-0.4, -0.2) is 45.0 Å². The largest absolute Gasteiger partial charge is 0.493 e. The summed E-state index contributed by atoms with van der Waals surface area (Å²) in [7, 11) is 0. The summed E-state index contributed by atoms with van der Waals surface area (Å²) < 4.78 is 28.1. The number of unbranched alkanes of at least 4 members (excludes halogenated alkanes) is 3. The van der Waals surface area contributed by atoms with E-state index in [1.807, 2.05) is 0 Å². The third-order valence-corrected chi connectivity index (χ3v) is 4.63. The molecule has 0 saturated carbocycles. The Morgan fingerprint density at radius 3 is 1.52 bits per heavy atom. The molecule has 7 nitrogen and oxygen atoms in total. The molecule has 0 N–H and O–H groups in total. The second kappa shape index (κ2) is 16.9. The smallest absolute Gasteiger partial charge is 0.345 e. The van der Waals surface area contributed by atoms with E-state index in [-0.39, 0.29) is 18.8 Å². The summed E-state index contributed by atoms with van der Waals surface area (Å²) >= 11 is 0. The first kappa shape index (κ1) is 28.3. The lowest BCUT2D eigenvalue weighted by atomic mass is 10.1. The second-order valence-corrected chi connectivity index (χ2v) is 7.44. The molecule has 0 spiro atoms. The van der Waals surface area contributed by atoms with Gasteiger partial charge in [-0.15, -0.1) is 0 Å². The maximum Gasteiger partial charge on any atom is 0.345 e. The molecule has 0 saturated heterocycles. The zero-order valence-corrected chi connectivity index (χ0v) is 20.9. The molecule has 0 bridgehead atoms. The van der Waals surface area contributed by atoms with Gasteiger partial charge in [0.25, 0.3) is 0 Å². The SMILES string of the molecule is CCCCOc1cc(OCCCC)c(OCCCC)cc1C=C(C(=O)OCC)C(=O)OCC. The average Bonchev–Trinajstić information content (AvgIpc) is 2.79. The molecular weight excluding hydrogens is 424 g/mol. The summed E-state index contributed by atoms with van der Waals surface area (Å²) in [6, 6.07) is 3.52. The lowest BCUT2D eigenvalue weighted by Crippen LogP contribution is -2.18. The third kappa shape index (κ3) is 10.2. The van der Waals surface area contributed by atoms with Crippen molar-refractivity contribution in [3.63, 3.8) is 0 Å². The van der Waals surface area contributed by atoms with Crippen molar-refractivity contribution in [3.05, 3.63) is 23.3 Å². The van der Waals surface area contributed by atoms with E-state index >= 15 is 0 Å². The van der Waals surface area contributed by atoms with Gasteiger partial charge in [-0.1, -0.05) is 40.0 Å². The Labute approximate surface area is 198 Å². The Bertz CT molecular complexity index is 735. The third-order valence-electron chi connectivity index (χ3n) is 4.63. The van der Waals surface area contributed by atoms with Crippen LogP contribution in [0.3, 0.4) is 0 Å². The van der Waals surface area contributed by atoms with Crippen LogP contribution >= 0.6 is 0 Å². The molecule has 186 valence electrons. The molecule has 1 rings (SSSR count). The Balaban J connectivity index is 3.50. The van der Waals surface area contributed by atoms with Crippen LogP contribution in [0.25, 0.3) is 6.08 Å². The highest BCUT2D eigenvalue weighted by Crippen LogP contribution is 2.37. The highest BCUT2D eigenvalue weighted by atomic mass is 16.6. The van der Waals surface area contributed by atoms with E-state index in [1.54, 1.807) is 26.0 Å². The van der Waals surface area contributed by atoms with E-state index in [2.05, 4.69) is 20.8 Å². The van der Waals surface area contributed by atoms with E-state index in [0.29, 0.717) is 42.6 Å². The van der Waals surface area contributed by atoms with Gasteiger partial charge in [-0.05, 0) is 45.3 Å². The molecule has 0 aliphatic carbocycles. The number of esters is 2. The summed E-state index contributed by atoms with van der Waals surface area (Å²) in [4.78, 5) is 25.0. The molecule has 0 fully saturated rings. The molecule has 1 aromatic carbocycles. The van der Waals surface area contributed by atoms with Gasteiger partial charge in [0.1, 0.15) is 11.3 Å². The summed E-state index contributed by atoms with van der Waals surface area (Å²) in [5.74, 6) is 0.140. The maximum atomic E-state index is 12.5. The van der Waals surface area contributed by atoms with Crippen molar-refractivity contribution >= 4 is 18.0 Å². The van der Waals surface area contributed by atoms with E-state index in [1.165, 1.54) is 6.08 Å². The molecule has 1 aromatic rings. The average molecular weight is 465 g/mol. The molecule has 0 aliphatic heterocycles. The van der Waals surface area contributed by atoms with Gasteiger partial charge in [-0.25, -0.2) is 9.59 Å². The first-order valence-electron chi connectivity index (χ1n) is 12.1. The molecule has 0 heterocycles. The normalized spacial score (nSPS) is 10.3. The van der Waals surface area contributed by atoms with E-state index < -0.39 is 11.9 Å². The van der Waals surface area contributed by atoms with Crippen molar-refractivity contribution in [1.29, 1.82) is 0 Å². The van der Waals surface area contributed by atoms with E-state index in [9.17, 15) is 9.59 Å². The van der Waals surface area contributed by atoms with E-state index in [0.717, 1.165) is 38.5 Å². The fourth-order valence-electron chi connectivity index (χ4n) is 2.77. The topological polar surface area (TPSA) is 80.3 Å². The van der Waals surface area contributed by atoms with Crippen LogP contribution in [0.4, 0.5) is 0 Å². The van der Waals surface area contributed by atoms with Crippen LogP contribution in [-0.2, 0) is 19.1 Å². The molecule has 33 heavy (non-hydrogen) atoms.